The van der Waals surface area contributed by atoms with Gasteiger partial charge in [0.1, 0.15) is 0 Å². The summed E-state index contributed by atoms with van der Waals surface area (Å²) in [7, 11) is -1.27. The average Bonchev–Trinajstić information content (AvgIpc) is 2.14. The fourth-order valence-corrected chi connectivity index (χ4v) is 1.82. The van der Waals surface area contributed by atoms with Gasteiger partial charge in [0.05, 0.1) is 4.90 Å². The summed E-state index contributed by atoms with van der Waals surface area (Å²) in [5.74, 6) is 0. The molecule has 1 rings (SSSR count). The molecule has 0 aliphatic heterocycles. The minimum atomic E-state index is -1.27. The van der Waals surface area contributed by atoms with Crippen molar-refractivity contribution in [2.24, 2.45) is 9.81 Å². The lowest BCUT2D eigenvalue weighted by Gasteiger charge is -2.09. The van der Waals surface area contributed by atoms with Gasteiger partial charge in [-0.3, -0.25) is 0 Å². The van der Waals surface area contributed by atoms with Crippen LogP contribution in [-0.2, 0) is 11.0 Å². The molecule has 0 bridgehead atoms. The first-order valence-electron chi connectivity index (χ1n) is 4.92. The monoisotopic (exact) mass is 223 g/mol. The molecule has 15 heavy (non-hydrogen) atoms. The molecule has 0 N–H and O–H groups in total. The zero-order valence-corrected chi connectivity index (χ0v) is 10.5. The van der Waals surface area contributed by atoms with Gasteiger partial charge in [-0.25, -0.2) is 4.21 Å². The van der Waals surface area contributed by atoms with Gasteiger partial charge in [-0.15, -0.1) is 0 Å². The number of rotatable bonds is 2. The molecule has 0 spiro atoms. The van der Waals surface area contributed by atoms with Gasteiger partial charge in [0.15, 0.2) is 11.0 Å². The Bertz CT molecular complexity index is 374. The number of hydrogen-bond donors (Lipinski definition) is 0. The van der Waals surface area contributed by atoms with Crippen molar-refractivity contribution in [1.29, 1.82) is 0 Å². The van der Waals surface area contributed by atoms with Gasteiger partial charge in [0.2, 0.25) is 0 Å². The first kappa shape index (κ1) is 12.1. The molecule has 0 radical (unpaired) electrons. The molecule has 3 heteroatoms. The molecular formula is C12H17NOS. The van der Waals surface area contributed by atoms with E-state index in [4.69, 9.17) is 0 Å². The molecule has 0 saturated heterocycles. The molecule has 0 fully saturated rings. The van der Waals surface area contributed by atoms with E-state index < -0.39 is 11.0 Å². The Kier molecular flexibility index (Phi) is 3.80. The van der Waals surface area contributed by atoms with Crippen LogP contribution in [0.5, 0.6) is 0 Å². The minimum Gasteiger partial charge on any atom is -0.230 e. The quantitative estimate of drug-likeness (QED) is 0.708. The fourth-order valence-electron chi connectivity index (χ4n) is 0.922. The third kappa shape index (κ3) is 4.38. The van der Waals surface area contributed by atoms with Crippen molar-refractivity contribution in [3.63, 3.8) is 0 Å². The maximum absolute atomic E-state index is 11.7. The third-order valence-corrected chi connectivity index (χ3v) is 2.73. The first-order valence-corrected chi connectivity index (χ1v) is 6.03. The molecule has 0 aliphatic carbocycles. The van der Waals surface area contributed by atoms with E-state index in [1.165, 1.54) is 0 Å². The molecule has 1 aromatic rings. The van der Waals surface area contributed by atoms with Crippen LogP contribution in [0.4, 0.5) is 0 Å². The maximum Gasteiger partial charge on any atom is 0.172 e. The van der Waals surface area contributed by atoms with Crippen LogP contribution >= 0.6 is 0 Å². The summed E-state index contributed by atoms with van der Waals surface area (Å²) in [6, 6.07) is 7.59. The van der Waals surface area contributed by atoms with Crippen molar-refractivity contribution < 1.29 is 4.21 Å². The number of hydrogen-bond acceptors (Lipinski definition) is 1. The highest BCUT2D eigenvalue weighted by atomic mass is 32.2. The molecule has 1 aromatic carbocycles. The third-order valence-electron chi connectivity index (χ3n) is 1.76. The van der Waals surface area contributed by atoms with Crippen molar-refractivity contribution in [2.45, 2.75) is 32.6 Å². The van der Waals surface area contributed by atoms with Crippen molar-refractivity contribution in [3.8, 4) is 0 Å². The molecule has 1 atom stereocenters. The topological polar surface area (TPSA) is 29.4 Å². The molecule has 1 unspecified atom stereocenters. The van der Waals surface area contributed by atoms with Gasteiger partial charge in [-0.2, -0.15) is 4.40 Å². The van der Waals surface area contributed by atoms with Crippen LogP contribution in [0.15, 0.2) is 33.6 Å². The zero-order chi connectivity index (χ0) is 11.5. The number of nitrogens with zero attached hydrogens (tertiary/aromatic N) is 1. The highest BCUT2D eigenvalue weighted by Gasteiger charge is 2.07. The van der Waals surface area contributed by atoms with Crippen LogP contribution in [0.2, 0.25) is 0 Å². The van der Waals surface area contributed by atoms with E-state index >= 15 is 0 Å². The Balaban J connectivity index is 2.78. The van der Waals surface area contributed by atoms with Crippen molar-refractivity contribution in [3.05, 3.63) is 29.8 Å². The van der Waals surface area contributed by atoms with E-state index in [1.54, 1.807) is 6.21 Å². The summed E-state index contributed by atoms with van der Waals surface area (Å²) >= 11 is 0. The lowest BCUT2D eigenvalue weighted by atomic mass is 10.00. The van der Waals surface area contributed by atoms with Gasteiger partial charge in [-0.05, 0) is 24.5 Å². The summed E-state index contributed by atoms with van der Waals surface area (Å²) in [4.78, 5) is 0.751. The summed E-state index contributed by atoms with van der Waals surface area (Å²) in [5.41, 5.74) is 1.14. The van der Waals surface area contributed by atoms with Crippen LogP contribution in [0.25, 0.3) is 0 Å². The maximum atomic E-state index is 11.7. The van der Waals surface area contributed by atoms with E-state index in [1.807, 2.05) is 52.0 Å². The zero-order valence-electron chi connectivity index (χ0n) is 9.65. The van der Waals surface area contributed by atoms with E-state index in [9.17, 15) is 4.21 Å². The summed E-state index contributed by atoms with van der Waals surface area (Å²) < 4.78 is 15.8. The molecule has 0 aliphatic rings. The number of aryl methyl sites for hydroxylation is 1. The van der Waals surface area contributed by atoms with Crippen LogP contribution in [0, 0.1) is 12.3 Å². The fraction of sp³-hybridized carbons (Fsp3) is 0.417. The van der Waals surface area contributed by atoms with Gasteiger partial charge in [0.25, 0.3) is 0 Å². The van der Waals surface area contributed by atoms with Gasteiger partial charge >= 0.3 is 0 Å². The Labute approximate surface area is 94.0 Å². The second kappa shape index (κ2) is 4.71. The van der Waals surface area contributed by atoms with Crippen LogP contribution in [-0.4, -0.2) is 10.4 Å². The Hall–Kier alpha value is -0.960. The number of benzene rings is 1. The first-order chi connectivity index (χ1) is 6.88. The minimum absolute atomic E-state index is 0.0274. The van der Waals surface area contributed by atoms with E-state index in [-0.39, 0.29) is 5.41 Å². The normalized spacial score (nSPS) is 14.4. The second-order valence-electron chi connectivity index (χ2n) is 4.66. The SMILES string of the molecule is Cc1ccc(S(=O)N=CC(C)(C)C)cc1. The highest BCUT2D eigenvalue weighted by molar-refractivity contribution is 7.83. The Morgan fingerprint density at radius 1 is 1.20 bits per heavy atom. The van der Waals surface area contributed by atoms with E-state index in [0.717, 1.165) is 10.5 Å². The van der Waals surface area contributed by atoms with Crippen LogP contribution in [0.3, 0.4) is 0 Å². The van der Waals surface area contributed by atoms with Crippen molar-refractivity contribution >= 4 is 17.2 Å². The van der Waals surface area contributed by atoms with E-state index in [2.05, 4.69) is 4.40 Å². The highest BCUT2D eigenvalue weighted by Crippen LogP contribution is 2.12. The molecule has 0 amide bonds. The predicted molar refractivity (Wildman–Crippen MR) is 65.5 cm³/mol. The van der Waals surface area contributed by atoms with Crippen molar-refractivity contribution in [2.75, 3.05) is 0 Å². The Morgan fingerprint density at radius 2 is 1.73 bits per heavy atom. The summed E-state index contributed by atoms with van der Waals surface area (Å²) in [6.45, 7) is 8.10. The lowest BCUT2D eigenvalue weighted by Crippen LogP contribution is -2.06. The summed E-state index contributed by atoms with van der Waals surface area (Å²) in [6.07, 6.45) is 1.74. The molecule has 82 valence electrons. The van der Waals surface area contributed by atoms with Gasteiger partial charge in [0, 0.05) is 6.21 Å². The molecule has 0 heterocycles. The molecular weight excluding hydrogens is 206 g/mol. The van der Waals surface area contributed by atoms with Crippen LogP contribution in [0.1, 0.15) is 26.3 Å². The molecule has 2 nitrogen and oxygen atoms in total. The molecule has 0 saturated carbocycles. The smallest absolute Gasteiger partial charge is 0.172 e. The summed E-state index contributed by atoms with van der Waals surface area (Å²) in [5, 5.41) is 0. The molecule has 0 aromatic heterocycles. The Morgan fingerprint density at radius 3 is 2.20 bits per heavy atom. The van der Waals surface area contributed by atoms with Crippen molar-refractivity contribution in [1.82, 2.24) is 0 Å². The van der Waals surface area contributed by atoms with Gasteiger partial charge < -0.3 is 0 Å². The van der Waals surface area contributed by atoms with Crippen LogP contribution < -0.4 is 0 Å². The van der Waals surface area contributed by atoms with Gasteiger partial charge in [-0.1, -0.05) is 38.5 Å². The average molecular weight is 223 g/mol. The predicted octanol–water partition coefficient (Wildman–Crippen LogP) is 3.13. The van der Waals surface area contributed by atoms with E-state index in [0.29, 0.717) is 0 Å². The lowest BCUT2D eigenvalue weighted by molar-refractivity contribution is 0.607. The largest absolute Gasteiger partial charge is 0.230 e. The second-order valence-corrected chi connectivity index (χ2v) is 5.84. The standard InChI is InChI=1S/C12H17NOS/c1-10-5-7-11(8-6-10)15(14)13-9-12(2,3)4/h5-9H,1-4H3.